The quantitative estimate of drug-likeness (QED) is 0.168. The molecular weight excluding hydrogens is 645 g/mol. The Balaban J connectivity index is 1.18. The lowest BCUT2D eigenvalue weighted by molar-refractivity contribution is 1.13. The zero-order chi connectivity index (χ0) is 35.1. The number of fused-ring (bicyclic) bond motifs is 4. The Morgan fingerprint density at radius 3 is 1.55 bits per heavy atom. The van der Waals surface area contributed by atoms with Gasteiger partial charge in [-0.2, -0.15) is 0 Å². The lowest BCUT2D eigenvalue weighted by atomic mass is 10.0. The fourth-order valence-electron chi connectivity index (χ4n) is 7.67. The molecule has 0 aliphatic rings. The van der Waals surface area contributed by atoms with Crippen molar-refractivity contribution in [2.75, 3.05) is 4.90 Å². The van der Waals surface area contributed by atoms with E-state index in [0.29, 0.717) is 0 Å². The summed E-state index contributed by atoms with van der Waals surface area (Å²) in [6.45, 7) is 0. The van der Waals surface area contributed by atoms with Crippen molar-refractivity contribution in [2.45, 2.75) is 0 Å². The largest absolute Gasteiger partial charge is 0.317 e. The van der Waals surface area contributed by atoms with E-state index >= 15 is 0 Å². The molecular formula is C49H34N4. The second-order valence-electron chi connectivity index (χ2n) is 13.4. The Kier molecular flexibility index (Phi) is 7.43. The summed E-state index contributed by atoms with van der Waals surface area (Å²) in [6.07, 6.45) is 5.86. The van der Waals surface area contributed by atoms with Crippen molar-refractivity contribution in [1.29, 1.82) is 0 Å². The number of rotatable bonds is 7. The Hall–Kier alpha value is -7.17. The van der Waals surface area contributed by atoms with E-state index in [1.54, 1.807) is 0 Å². The molecule has 0 saturated heterocycles. The molecule has 0 spiro atoms. The molecule has 0 fully saturated rings. The Labute approximate surface area is 308 Å². The van der Waals surface area contributed by atoms with E-state index in [1.165, 1.54) is 43.8 Å². The minimum Gasteiger partial charge on any atom is -0.317 e. The minimum atomic E-state index is 1.08. The molecule has 4 nitrogen and oxygen atoms in total. The number of pyridine rings is 1. The molecule has 0 amide bonds. The van der Waals surface area contributed by atoms with Crippen molar-refractivity contribution in [2.24, 2.45) is 0 Å². The molecule has 0 N–H and O–H groups in total. The summed E-state index contributed by atoms with van der Waals surface area (Å²) in [5.41, 5.74) is 13.8. The van der Waals surface area contributed by atoms with Crippen LogP contribution in [-0.4, -0.2) is 14.1 Å². The molecule has 4 heteroatoms. The molecule has 0 atom stereocenters. The number of nitrogens with zero attached hydrogens (tertiary/aromatic N) is 4. The first-order chi connectivity index (χ1) is 26.3. The highest BCUT2D eigenvalue weighted by atomic mass is 15.1. The van der Waals surface area contributed by atoms with E-state index < -0.39 is 0 Å². The summed E-state index contributed by atoms with van der Waals surface area (Å²) in [5.74, 6) is 0. The van der Waals surface area contributed by atoms with Gasteiger partial charge in [-0.3, -0.25) is 4.98 Å². The molecule has 3 heterocycles. The molecule has 250 valence electrons. The SMILES string of the molecule is c1ccc(-c2ccc(N(c3ccc(-c4ccncc4)cc3)c3ccc4c(c3)c3cc5c(ccn5-c5ccccc5)cc3n4-c3ccccc3)cc2)cc1. The van der Waals surface area contributed by atoms with Gasteiger partial charge in [0, 0.05) is 63.2 Å². The third-order valence-electron chi connectivity index (χ3n) is 10.2. The lowest BCUT2D eigenvalue weighted by Crippen LogP contribution is -2.10. The number of benzene rings is 7. The molecule has 0 aliphatic heterocycles. The lowest BCUT2D eigenvalue weighted by Gasteiger charge is -2.26. The summed E-state index contributed by atoms with van der Waals surface area (Å²) >= 11 is 0. The van der Waals surface area contributed by atoms with Gasteiger partial charge in [-0.25, -0.2) is 0 Å². The van der Waals surface area contributed by atoms with Crippen LogP contribution in [0.4, 0.5) is 17.1 Å². The van der Waals surface area contributed by atoms with Crippen LogP contribution in [0.2, 0.25) is 0 Å². The van der Waals surface area contributed by atoms with Gasteiger partial charge < -0.3 is 14.0 Å². The third-order valence-corrected chi connectivity index (χ3v) is 10.2. The molecule has 0 aliphatic carbocycles. The summed E-state index contributed by atoms with van der Waals surface area (Å²) in [6, 6.07) is 67.5. The average Bonchev–Trinajstić information content (AvgIpc) is 3.80. The van der Waals surface area contributed by atoms with Gasteiger partial charge >= 0.3 is 0 Å². The van der Waals surface area contributed by atoms with Crippen LogP contribution in [0.15, 0.2) is 207 Å². The van der Waals surface area contributed by atoms with Gasteiger partial charge in [0.05, 0.1) is 16.6 Å². The van der Waals surface area contributed by atoms with Crippen LogP contribution in [-0.2, 0) is 0 Å². The van der Waals surface area contributed by atoms with Crippen molar-refractivity contribution in [3.05, 3.63) is 207 Å². The molecule has 10 aromatic rings. The number of para-hydroxylation sites is 2. The average molecular weight is 679 g/mol. The van der Waals surface area contributed by atoms with Gasteiger partial charge in [-0.15, -0.1) is 0 Å². The van der Waals surface area contributed by atoms with Crippen molar-refractivity contribution >= 4 is 49.8 Å². The first-order valence-electron chi connectivity index (χ1n) is 17.9. The Morgan fingerprint density at radius 2 is 0.906 bits per heavy atom. The van der Waals surface area contributed by atoms with Crippen molar-refractivity contribution in [3.8, 4) is 33.6 Å². The molecule has 3 aromatic heterocycles. The van der Waals surface area contributed by atoms with E-state index in [-0.39, 0.29) is 0 Å². The maximum atomic E-state index is 4.21. The second-order valence-corrected chi connectivity index (χ2v) is 13.4. The zero-order valence-corrected chi connectivity index (χ0v) is 28.9. The Bertz CT molecular complexity index is 2760. The van der Waals surface area contributed by atoms with Crippen molar-refractivity contribution < 1.29 is 0 Å². The maximum Gasteiger partial charge on any atom is 0.0548 e. The first kappa shape index (κ1) is 30.6. The molecule has 7 aromatic carbocycles. The van der Waals surface area contributed by atoms with Crippen LogP contribution < -0.4 is 4.90 Å². The molecule has 0 unspecified atom stereocenters. The number of aromatic nitrogens is 3. The number of anilines is 3. The van der Waals surface area contributed by atoms with E-state index in [0.717, 1.165) is 39.6 Å². The summed E-state index contributed by atoms with van der Waals surface area (Å²) in [4.78, 5) is 6.58. The maximum absolute atomic E-state index is 4.21. The van der Waals surface area contributed by atoms with Gasteiger partial charge in [0.2, 0.25) is 0 Å². The van der Waals surface area contributed by atoms with E-state index in [1.807, 2.05) is 12.4 Å². The van der Waals surface area contributed by atoms with Crippen molar-refractivity contribution in [3.63, 3.8) is 0 Å². The monoisotopic (exact) mass is 678 g/mol. The van der Waals surface area contributed by atoms with E-state index in [2.05, 4.69) is 213 Å². The summed E-state index contributed by atoms with van der Waals surface area (Å²) < 4.78 is 4.69. The highest BCUT2D eigenvalue weighted by Crippen LogP contribution is 2.42. The van der Waals surface area contributed by atoms with Gasteiger partial charge in [-0.05, 0) is 119 Å². The summed E-state index contributed by atoms with van der Waals surface area (Å²) in [5, 5.41) is 3.61. The van der Waals surface area contributed by atoms with Crippen LogP contribution in [0.25, 0.3) is 66.3 Å². The zero-order valence-electron chi connectivity index (χ0n) is 28.9. The predicted molar refractivity (Wildman–Crippen MR) is 221 cm³/mol. The second kappa shape index (κ2) is 12.9. The fraction of sp³-hybridized carbons (Fsp3) is 0. The number of hydrogen-bond acceptors (Lipinski definition) is 2. The van der Waals surface area contributed by atoms with Crippen LogP contribution in [0, 0.1) is 0 Å². The highest BCUT2D eigenvalue weighted by molar-refractivity contribution is 6.14. The van der Waals surface area contributed by atoms with E-state index in [4.69, 9.17) is 0 Å². The van der Waals surface area contributed by atoms with Crippen LogP contribution in [0.3, 0.4) is 0 Å². The normalized spacial score (nSPS) is 11.4. The molecule has 10 rings (SSSR count). The van der Waals surface area contributed by atoms with Gasteiger partial charge in [0.15, 0.2) is 0 Å². The topological polar surface area (TPSA) is 26.0 Å². The fourth-order valence-corrected chi connectivity index (χ4v) is 7.67. The standard InChI is InChI=1S/C49H34N4/c1-4-10-35(11-5-1)36-16-20-42(21-17-36)52(43-22-18-37(19-23-43)38-26-29-50-30-27-38)44-24-25-47-45(33-44)46-34-48-39(28-31-51(48)40-12-6-2-7-13-40)32-49(46)53(47)41-14-8-3-9-15-41/h1-34H. The molecule has 0 radical (unpaired) electrons. The minimum absolute atomic E-state index is 1.08. The van der Waals surface area contributed by atoms with Crippen molar-refractivity contribution in [1.82, 2.24) is 14.1 Å². The van der Waals surface area contributed by atoms with Gasteiger partial charge in [0.1, 0.15) is 0 Å². The summed E-state index contributed by atoms with van der Waals surface area (Å²) in [7, 11) is 0. The first-order valence-corrected chi connectivity index (χ1v) is 17.9. The van der Waals surface area contributed by atoms with Gasteiger partial charge in [-0.1, -0.05) is 91.0 Å². The molecule has 53 heavy (non-hydrogen) atoms. The van der Waals surface area contributed by atoms with Crippen LogP contribution in [0.1, 0.15) is 0 Å². The smallest absolute Gasteiger partial charge is 0.0548 e. The third kappa shape index (κ3) is 5.45. The molecule has 0 saturated carbocycles. The number of hydrogen-bond donors (Lipinski definition) is 0. The van der Waals surface area contributed by atoms with Crippen LogP contribution >= 0.6 is 0 Å². The Morgan fingerprint density at radius 1 is 0.377 bits per heavy atom. The van der Waals surface area contributed by atoms with Crippen LogP contribution in [0.5, 0.6) is 0 Å². The predicted octanol–water partition coefficient (Wildman–Crippen LogP) is 12.9. The van der Waals surface area contributed by atoms with E-state index in [9.17, 15) is 0 Å². The molecule has 0 bridgehead atoms. The van der Waals surface area contributed by atoms with Gasteiger partial charge in [0.25, 0.3) is 0 Å². The highest BCUT2D eigenvalue weighted by Gasteiger charge is 2.19.